The summed E-state index contributed by atoms with van der Waals surface area (Å²) >= 11 is 0. The maximum absolute atomic E-state index is 10.7. The van der Waals surface area contributed by atoms with Crippen molar-refractivity contribution in [2.75, 3.05) is 12.3 Å². The Morgan fingerprint density at radius 3 is 2.20 bits per heavy atom. The van der Waals surface area contributed by atoms with E-state index in [1.165, 1.54) is 49.6 Å². The quantitative estimate of drug-likeness (QED) is 0.188. The molecule has 0 spiro atoms. The third-order valence-corrected chi connectivity index (χ3v) is 7.48. The Bertz CT molecular complexity index is 1850. The minimum Gasteiger partial charge on any atom is -0.387 e. The van der Waals surface area contributed by atoms with Gasteiger partial charge in [0.25, 0.3) is 0 Å². The number of phosphoric ester groups is 1. The Balaban J connectivity index is 0.000000151. The summed E-state index contributed by atoms with van der Waals surface area (Å²) in [5.41, 5.74) is 8.87. The summed E-state index contributed by atoms with van der Waals surface area (Å²) in [7, 11) is -4.72. The number of aromatic nitrogens is 4. The van der Waals surface area contributed by atoms with Crippen LogP contribution in [0.2, 0.25) is 0 Å². The number of anilines is 1. The highest BCUT2D eigenvalue weighted by Crippen LogP contribution is 2.38. The van der Waals surface area contributed by atoms with E-state index in [0.717, 1.165) is 0 Å². The van der Waals surface area contributed by atoms with Crippen molar-refractivity contribution in [3.05, 3.63) is 94.9 Å². The van der Waals surface area contributed by atoms with E-state index in [2.05, 4.69) is 92.3 Å². The van der Waals surface area contributed by atoms with Gasteiger partial charge in [-0.1, -0.05) is 60.7 Å². The van der Waals surface area contributed by atoms with Crippen LogP contribution >= 0.6 is 7.82 Å². The largest absolute Gasteiger partial charge is 0.469 e. The van der Waals surface area contributed by atoms with E-state index in [1.807, 2.05) is 0 Å². The molecule has 12 nitrogen and oxygen atoms in total. The summed E-state index contributed by atoms with van der Waals surface area (Å²) in [4.78, 5) is 29.2. The first-order valence-electron chi connectivity index (χ1n) is 12.6. The molecule has 6 N–H and O–H groups in total. The number of aliphatic hydroxyl groups excluding tert-OH is 2. The number of hydrogen-bond acceptors (Lipinski definition) is 9. The molecule has 1 aliphatic carbocycles. The second-order valence-corrected chi connectivity index (χ2v) is 10.9. The molecule has 5 aromatic rings. The van der Waals surface area contributed by atoms with Crippen LogP contribution in [0.4, 0.5) is 5.82 Å². The summed E-state index contributed by atoms with van der Waals surface area (Å²) in [6.45, 7) is -0.594. The predicted octanol–water partition coefficient (Wildman–Crippen LogP) is 0.948. The van der Waals surface area contributed by atoms with E-state index in [0.29, 0.717) is 5.52 Å². The lowest BCUT2D eigenvalue weighted by molar-refractivity contribution is -0.0504. The summed E-state index contributed by atoms with van der Waals surface area (Å²) in [6.07, 6.45) is 2.07. The van der Waals surface area contributed by atoms with Gasteiger partial charge in [-0.15, -0.1) is 0 Å². The molecule has 41 heavy (non-hydrogen) atoms. The van der Waals surface area contributed by atoms with Crippen LogP contribution in [0.1, 0.15) is 17.4 Å². The van der Waals surface area contributed by atoms with Gasteiger partial charge >= 0.3 is 7.82 Å². The number of ether oxygens (including phenoxy) is 1. The zero-order valence-electron chi connectivity index (χ0n) is 21.4. The lowest BCUT2D eigenvalue weighted by Crippen LogP contribution is -2.33. The van der Waals surface area contributed by atoms with E-state index in [4.69, 9.17) is 20.3 Å². The fourth-order valence-corrected chi connectivity index (χ4v) is 5.41. The molecule has 0 bridgehead atoms. The fourth-order valence-electron chi connectivity index (χ4n) is 5.07. The van der Waals surface area contributed by atoms with Crippen LogP contribution < -0.4 is 16.2 Å². The molecule has 13 heteroatoms. The number of nitrogen functional groups attached to an aromatic ring is 1. The van der Waals surface area contributed by atoms with Gasteiger partial charge in [-0.25, -0.2) is 19.5 Å². The number of nitrogens with zero attached hydrogens (tertiary/aromatic N) is 4. The van der Waals surface area contributed by atoms with E-state index in [-0.39, 0.29) is 11.5 Å². The number of aliphatic hydroxyl groups is 2. The van der Waals surface area contributed by atoms with Crippen LogP contribution in [0.25, 0.3) is 34.1 Å². The van der Waals surface area contributed by atoms with Crippen molar-refractivity contribution >= 4 is 47.7 Å². The van der Waals surface area contributed by atoms with Crippen LogP contribution in [-0.2, 0) is 13.8 Å². The summed E-state index contributed by atoms with van der Waals surface area (Å²) in [5, 5.41) is 25.3. The fraction of sp³-hybridized carbons (Fsp3) is 0.179. The normalized spacial score (nSPS) is 21.4. The van der Waals surface area contributed by atoms with Crippen LogP contribution in [-0.4, -0.2) is 64.4 Å². The molecule has 4 atom stereocenters. The maximum atomic E-state index is 10.7. The first kappa shape index (κ1) is 27.2. The third kappa shape index (κ3) is 5.37. The minimum absolute atomic E-state index is 0.142. The topological polar surface area (TPSA) is 186 Å². The molecule has 0 saturated carbocycles. The summed E-state index contributed by atoms with van der Waals surface area (Å²) < 4.78 is 21.8. The molecule has 210 valence electrons. The maximum Gasteiger partial charge on any atom is 0.469 e. The molecule has 1 aliphatic heterocycles. The van der Waals surface area contributed by atoms with Gasteiger partial charge in [0.05, 0.1) is 12.9 Å². The highest BCUT2D eigenvalue weighted by atomic mass is 31.2. The molecule has 1 saturated heterocycles. The number of imidazole rings is 1. The van der Waals surface area contributed by atoms with Crippen LogP contribution in [0.15, 0.2) is 73.3 Å². The van der Waals surface area contributed by atoms with E-state index in [1.54, 1.807) is 0 Å². The molecule has 2 aromatic heterocycles. The molecule has 7 rings (SSSR count). The van der Waals surface area contributed by atoms with Crippen molar-refractivity contribution in [1.82, 2.24) is 19.5 Å². The Kier molecular flexibility index (Phi) is 7.14. The van der Waals surface area contributed by atoms with Gasteiger partial charge in [-0.05, 0) is 44.5 Å². The lowest BCUT2D eigenvalue weighted by atomic mass is 10.00. The highest BCUT2D eigenvalue weighted by Gasteiger charge is 2.45. The SMILES string of the molecule is C1=c2ccccc2=Cc2cccc3cccc1c23.Nc1ncnc2c1ncn2[C@@H]1O[C@H](COP(=O)(O)O)[C@@H](O)[C@H]1O. The van der Waals surface area contributed by atoms with Crippen molar-refractivity contribution in [3.8, 4) is 0 Å². The summed E-state index contributed by atoms with van der Waals surface area (Å²) in [5.74, 6) is 0.142. The van der Waals surface area contributed by atoms with Crippen LogP contribution in [0, 0.1) is 0 Å². The zero-order valence-corrected chi connectivity index (χ0v) is 22.3. The second kappa shape index (κ2) is 10.8. The lowest BCUT2D eigenvalue weighted by Gasteiger charge is -2.16. The Labute approximate surface area is 232 Å². The van der Waals surface area contributed by atoms with Gasteiger partial charge in [-0.2, -0.15) is 0 Å². The smallest absolute Gasteiger partial charge is 0.387 e. The predicted molar refractivity (Wildman–Crippen MR) is 150 cm³/mol. The molecule has 0 unspecified atom stereocenters. The van der Waals surface area contributed by atoms with Crippen molar-refractivity contribution in [3.63, 3.8) is 0 Å². The highest BCUT2D eigenvalue weighted by molar-refractivity contribution is 7.46. The number of fused-ring (bicyclic) bond motifs is 2. The van der Waals surface area contributed by atoms with Crippen molar-refractivity contribution in [1.29, 1.82) is 0 Å². The Morgan fingerprint density at radius 2 is 1.56 bits per heavy atom. The average molecular weight is 576 g/mol. The first-order chi connectivity index (χ1) is 19.7. The van der Waals surface area contributed by atoms with Crippen molar-refractivity contribution in [2.24, 2.45) is 0 Å². The van der Waals surface area contributed by atoms with Gasteiger partial charge in [0.2, 0.25) is 0 Å². The van der Waals surface area contributed by atoms with Gasteiger partial charge in [0.15, 0.2) is 17.7 Å². The van der Waals surface area contributed by atoms with E-state index < -0.39 is 39.0 Å². The number of nitrogens with two attached hydrogens (primary N) is 1. The molecular formula is C28H26N5O7P. The zero-order chi connectivity index (χ0) is 28.7. The third-order valence-electron chi connectivity index (χ3n) is 6.99. The van der Waals surface area contributed by atoms with Gasteiger partial charge < -0.3 is 30.5 Å². The Hall–Kier alpha value is -4.00. The molecule has 3 heterocycles. The van der Waals surface area contributed by atoms with Gasteiger partial charge in [0, 0.05) is 0 Å². The number of phosphoric acid groups is 1. The molecule has 1 fully saturated rings. The molecule has 2 aliphatic rings. The van der Waals surface area contributed by atoms with E-state index in [9.17, 15) is 14.8 Å². The van der Waals surface area contributed by atoms with Crippen LogP contribution in [0.5, 0.6) is 0 Å². The number of rotatable bonds is 4. The average Bonchev–Trinajstić information content (AvgIpc) is 3.44. The Morgan fingerprint density at radius 1 is 0.902 bits per heavy atom. The minimum atomic E-state index is -4.72. The van der Waals surface area contributed by atoms with Gasteiger partial charge in [0.1, 0.15) is 30.2 Å². The second-order valence-electron chi connectivity index (χ2n) is 9.63. The number of benzene rings is 3. The van der Waals surface area contributed by atoms with E-state index >= 15 is 0 Å². The van der Waals surface area contributed by atoms with Crippen LogP contribution in [0.3, 0.4) is 0 Å². The number of hydrogen-bond donors (Lipinski definition) is 5. The first-order valence-corrected chi connectivity index (χ1v) is 14.2. The summed E-state index contributed by atoms with van der Waals surface area (Å²) in [6, 6.07) is 21.6. The van der Waals surface area contributed by atoms with Crippen molar-refractivity contribution in [2.45, 2.75) is 24.5 Å². The molecule has 0 radical (unpaired) electrons. The molecule has 3 aromatic carbocycles. The monoisotopic (exact) mass is 575 g/mol. The molecule has 0 amide bonds. The van der Waals surface area contributed by atoms with Crippen molar-refractivity contribution < 1.29 is 33.8 Å². The molecular weight excluding hydrogens is 549 g/mol. The standard InChI is InChI=1S/C18H12.C10H14N5O7P/c1-2-6-15-12-17-10-4-8-13-7-3-9-16(18(13)17)11-14(15)5-1;11-8-5-9(13-2-12-8)15(3-14-5)10-7(17)6(16)4(22-10)1-21-23(18,19)20/h1-12H;2-4,6-7,10,16-17H,1H2,(H2,11,12,13)(H2,18,19,20)/t;4-,6-,7-,10-/m.1/s1. The van der Waals surface area contributed by atoms with Gasteiger partial charge in [-0.3, -0.25) is 9.09 Å².